The van der Waals surface area contributed by atoms with Crippen molar-refractivity contribution >= 4 is 15.9 Å². The molecule has 0 aliphatic carbocycles. The molecular weight excluding hydrogens is 375 g/mol. The SMILES string of the molecule is Brc1ccc(C#C[I+]c2ccccc2)cc1. The van der Waals surface area contributed by atoms with Crippen LogP contribution < -0.4 is 21.2 Å². The Morgan fingerprint density at radius 2 is 1.56 bits per heavy atom. The van der Waals surface area contributed by atoms with E-state index in [0.29, 0.717) is 0 Å². The third-order valence-electron chi connectivity index (χ3n) is 1.93. The fourth-order valence-electron chi connectivity index (χ4n) is 1.14. The standard InChI is InChI=1S/C14H9BrI/c15-13-8-6-12(7-9-13)10-11-16-14-4-2-1-3-5-14/h1-9H/q+1. The van der Waals surface area contributed by atoms with E-state index in [1.54, 1.807) is 0 Å². The van der Waals surface area contributed by atoms with Gasteiger partial charge in [0.05, 0.1) is 0 Å². The lowest BCUT2D eigenvalue weighted by Crippen LogP contribution is -3.59. The molecule has 0 spiro atoms. The minimum Gasteiger partial charge on any atom is -0.0619 e. The molecule has 0 amide bonds. The lowest BCUT2D eigenvalue weighted by Gasteiger charge is -1.88. The zero-order chi connectivity index (χ0) is 11.2. The van der Waals surface area contributed by atoms with Crippen molar-refractivity contribution in [1.29, 1.82) is 0 Å². The number of hydrogen-bond donors (Lipinski definition) is 0. The number of halogens is 2. The highest BCUT2D eigenvalue weighted by atomic mass is 127. The molecule has 2 rings (SSSR count). The second kappa shape index (κ2) is 6.07. The van der Waals surface area contributed by atoms with Gasteiger partial charge in [-0.15, -0.1) is 0 Å². The minimum atomic E-state index is -0.180. The van der Waals surface area contributed by atoms with Gasteiger partial charge in [0.2, 0.25) is 3.57 Å². The maximum atomic E-state index is 3.41. The van der Waals surface area contributed by atoms with Gasteiger partial charge in [0.15, 0.2) is 3.93 Å². The molecule has 2 aromatic rings. The molecule has 16 heavy (non-hydrogen) atoms. The van der Waals surface area contributed by atoms with Gasteiger partial charge in [0.1, 0.15) is 0 Å². The fraction of sp³-hybridized carbons (Fsp3) is 0. The molecule has 0 N–H and O–H groups in total. The van der Waals surface area contributed by atoms with Crippen LogP contribution in [0.25, 0.3) is 0 Å². The Morgan fingerprint density at radius 3 is 2.25 bits per heavy atom. The highest BCUT2D eigenvalue weighted by molar-refractivity contribution is 9.10. The lowest BCUT2D eigenvalue weighted by atomic mass is 10.2. The molecule has 0 atom stereocenters. The summed E-state index contributed by atoms with van der Waals surface area (Å²) in [4.78, 5) is 0. The molecule has 0 aromatic heterocycles. The van der Waals surface area contributed by atoms with E-state index < -0.39 is 0 Å². The van der Waals surface area contributed by atoms with Gasteiger partial charge in [-0.3, -0.25) is 0 Å². The molecule has 0 unspecified atom stereocenters. The quantitative estimate of drug-likeness (QED) is 0.502. The molecule has 0 bridgehead atoms. The molecule has 0 saturated carbocycles. The molecule has 78 valence electrons. The molecule has 0 aliphatic heterocycles. The van der Waals surface area contributed by atoms with Crippen molar-refractivity contribution in [2.45, 2.75) is 0 Å². The van der Waals surface area contributed by atoms with Gasteiger partial charge in [0, 0.05) is 10.0 Å². The summed E-state index contributed by atoms with van der Waals surface area (Å²) in [5.41, 5.74) is 1.08. The van der Waals surface area contributed by atoms with E-state index in [1.807, 2.05) is 30.3 Å². The van der Waals surface area contributed by atoms with Gasteiger partial charge in [0.25, 0.3) is 0 Å². The van der Waals surface area contributed by atoms with Crippen molar-refractivity contribution in [2.75, 3.05) is 0 Å². The van der Waals surface area contributed by atoms with Gasteiger partial charge < -0.3 is 0 Å². The van der Waals surface area contributed by atoms with Crippen LogP contribution in [0.5, 0.6) is 0 Å². The fourth-order valence-corrected chi connectivity index (χ4v) is 2.94. The van der Waals surface area contributed by atoms with E-state index >= 15 is 0 Å². The summed E-state index contributed by atoms with van der Waals surface area (Å²) in [6, 6.07) is 18.6. The Labute approximate surface area is 114 Å². The lowest BCUT2D eigenvalue weighted by molar-refractivity contribution is -0.535. The third kappa shape index (κ3) is 3.66. The number of hydrogen-bond acceptors (Lipinski definition) is 0. The van der Waals surface area contributed by atoms with E-state index in [1.165, 1.54) is 3.57 Å². The first kappa shape index (κ1) is 11.7. The van der Waals surface area contributed by atoms with Crippen molar-refractivity contribution in [1.82, 2.24) is 0 Å². The molecule has 0 heterocycles. The van der Waals surface area contributed by atoms with Crippen LogP contribution in [0.15, 0.2) is 59.1 Å². The Morgan fingerprint density at radius 1 is 0.875 bits per heavy atom. The molecule has 2 aromatic carbocycles. The minimum absolute atomic E-state index is 0.180. The van der Waals surface area contributed by atoms with E-state index in [0.717, 1.165) is 10.0 Å². The van der Waals surface area contributed by atoms with Gasteiger partial charge in [-0.1, -0.05) is 34.1 Å². The molecule has 0 fully saturated rings. The maximum Gasteiger partial charge on any atom is 0.420 e. The average Bonchev–Trinajstić information content (AvgIpc) is 2.33. The molecule has 0 aliphatic rings. The van der Waals surface area contributed by atoms with E-state index in [2.05, 4.69) is 50.0 Å². The largest absolute Gasteiger partial charge is 0.420 e. The molecule has 2 heteroatoms. The van der Waals surface area contributed by atoms with E-state index in [4.69, 9.17) is 0 Å². The van der Waals surface area contributed by atoms with Crippen molar-refractivity contribution in [3.05, 3.63) is 68.2 Å². The molecule has 0 saturated heterocycles. The zero-order valence-electron chi connectivity index (χ0n) is 8.45. The number of benzene rings is 2. The summed E-state index contributed by atoms with van der Waals surface area (Å²) in [7, 11) is 0. The van der Waals surface area contributed by atoms with E-state index in [9.17, 15) is 0 Å². The maximum absolute atomic E-state index is 3.41. The summed E-state index contributed by atoms with van der Waals surface area (Å²) in [5, 5.41) is 0. The monoisotopic (exact) mass is 383 g/mol. The first-order chi connectivity index (χ1) is 7.84. The van der Waals surface area contributed by atoms with Crippen LogP contribution in [0.3, 0.4) is 0 Å². The Balaban J connectivity index is 2.03. The highest BCUT2D eigenvalue weighted by Gasteiger charge is 2.05. The summed E-state index contributed by atoms with van der Waals surface area (Å²) in [6.45, 7) is 0. The van der Waals surface area contributed by atoms with Gasteiger partial charge >= 0.3 is 21.2 Å². The smallest absolute Gasteiger partial charge is 0.0619 e. The number of rotatable bonds is 1. The van der Waals surface area contributed by atoms with Crippen molar-refractivity contribution < 1.29 is 21.2 Å². The van der Waals surface area contributed by atoms with Crippen molar-refractivity contribution in [2.24, 2.45) is 0 Å². The van der Waals surface area contributed by atoms with Gasteiger partial charge in [-0.2, -0.15) is 0 Å². The van der Waals surface area contributed by atoms with Crippen LogP contribution in [0.2, 0.25) is 0 Å². The first-order valence-electron chi connectivity index (χ1n) is 4.80. The van der Waals surface area contributed by atoms with Gasteiger partial charge in [-0.05, 0) is 42.3 Å². The summed E-state index contributed by atoms with van der Waals surface area (Å²) in [6.07, 6.45) is 0. The molecule has 0 radical (unpaired) electrons. The van der Waals surface area contributed by atoms with Crippen LogP contribution in [0.1, 0.15) is 5.56 Å². The van der Waals surface area contributed by atoms with Crippen molar-refractivity contribution in [3.63, 3.8) is 0 Å². The average molecular weight is 384 g/mol. The second-order valence-corrected chi connectivity index (χ2v) is 6.36. The summed E-state index contributed by atoms with van der Waals surface area (Å²) < 4.78 is 5.74. The topological polar surface area (TPSA) is 0 Å². The molecule has 0 nitrogen and oxygen atoms in total. The van der Waals surface area contributed by atoms with Crippen LogP contribution in [-0.2, 0) is 0 Å². The third-order valence-corrected chi connectivity index (χ3v) is 4.34. The van der Waals surface area contributed by atoms with Crippen LogP contribution in [-0.4, -0.2) is 0 Å². The van der Waals surface area contributed by atoms with E-state index in [-0.39, 0.29) is 21.2 Å². The highest BCUT2D eigenvalue weighted by Crippen LogP contribution is 2.09. The second-order valence-electron chi connectivity index (χ2n) is 3.12. The van der Waals surface area contributed by atoms with Crippen LogP contribution in [0, 0.1) is 13.4 Å². The predicted molar refractivity (Wildman–Crippen MR) is 66.2 cm³/mol. The molecular formula is C14H9BrI+. The predicted octanol–water partition coefficient (Wildman–Crippen LogP) is 0.717. The van der Waals surface area contributed by atoms with Crippen LogP contribution >= 0.6 is 15.9 Å². The van der Waals surface area contributed by atoms with Crippen molar-refractivity contribution in [3.8, 4) is 9.85 Å². The normalized spacial score (nSPS) is 9.31. The van der Waals surface area contributed by atoms with Gasteiger partial charge in [-0.25, -0.2) is 0 Å². The first-order valence-corrected chi connectivity index (χ1v) is 7.75. The zero-order valence-corrected chi connectivity index (χ0v) is 12.2. The summed E-state index contributed by atoms with van der Waals surface area (Å²) >= 11 is 3.23. The Kier molecular flexibility index (Phi) is 4.44. The van der Waals surface area contributed by atoms with Crippen LogP contribution in [0.4, 0.5) is 0 Å². The summed E-state index contributed by atoms with van der Waals surface area (Å²) in [5.74, 6) is 3.20. The Bertz CT molecular complexity index is 506. The Hall–Kier alpha value is -0.790.